The Morgan fingerprint density at radius 3 is 2.68 bits per heavy atom. The van der Waals surface area contributed by atoms with Crippen LogP contribution in [0.25, 0.3) is 0 Å². The molecule has 31 heavy (non-hydrogen) atoms. The van der Waals surface area contributed by atoms with E-state index in [4.69, 9.17) is 21.9 Å². The maximum atomic E-state index is 13.3. The fourth-order valence-corrected chi connectivity index (χ4v) is 4.57. The summed E-state index contributed by atoms with van der Waals surface area (Å²) in [6, 6.07) is 15.5. The zero-order valence-electron chi connectivity index (χ0n) is 17.9. The first kappa shape index (κ1) is 21.3. The number of rotatable bonds is 4. The quantitative estimate of drug-likeness (QED) is 0.698. The van der Waals surface area contributed by atoms with E-state index in [1.165, 1.54) is 19.3 Å². The van der Waals surface area contributed by atoms with Crippen molar-refractivity contribution in [2.75, 3.05) is 24.4 Å². The van der Waals surface area contributed by atoms with Crippen LogP contribution in [-0.2, 0) is 4.79 Å². The van der Waals surface area contributed by atoms with E-state index >= 15 is 0 Å². The summed E-state index contributed by atoms with van der Waals surface area (Å²) >= 11 is 5.51. The van der Waals surface area contributed by atoms with Crippen molar-refractivity contribution in [1.29, 1.82) is 0 Å². The maximum absolute atomic E-state index is 13.3. The molecule has 2 aromatic rings. The number of aliphatic imine (C=N–C) groups is 1. The molecule has 0 radical (unpaired) electrons. The summed E-state index contributed by atoms with van der Waals surface area (Å²) in [6.45, 7) is 0. The van der Waals surface area contributed by atoms with Crippen LogP contribution >= 0.6 is 12.2 Å². The second-order valence-corrected chi connectivity index (χ2v) is 8.40. The first-order chi connectivity index (χ1) is 15.1. The standard InChI is InChI=1S/C24H28N4O2S/c1-28-20-14-7-6-13-19(20)21(16-9-4-3-5-10-16)26-22(23(28)29)27-24(31)25-17-11-8-12-18(15-17)30-2/h6-8,11-16,22H,3-5,9-10H2,1-2H3,(H2,25,27,31). The van der Waals surface area contributed by atoms with Gasteiger partial charge in [-0.25, -0.2) is 0 Å². The topological polar surface area (TPSA) is 66.0 Å². The zero-order chi connectivity index (χ0) is 21.8. The van der Waals surface area contributed by atoms with Gasteiger partial charge >= 0.3 is 0 Å². The Bertz CT molecular complexity index is 1000. The summed E-state index contributed by atoms with van der Waals surface area (Å²) in [5.41, 5.74) is 3.73. The number of anilines is 2. The lowest BCUT2D eigenvalue weighted by Crippen LogP contribution is -2.47. The predicted molar refractivity (Wildman–Crippen MR) is 129 cm³/mol. The molecule has 1 aliphatic carbocycles. The largest absolute Gasteiger partial charge is 0.497 e. The number of likely N-dealkylation sites (N-methyl/N-ethyl adjacent to an activating group) is 1. The number of benzene rings is 2. The van der Waals surface area contributed by atoms with Gasteiger partial charge in [0.15, 0.2) is 5.11 Å². The zero-order valence-corrected chi connectivity index (χ0v) is 18.7. The van der Waals surface area contributed by atoms with E-state index in [-0.39, 0.29) is 5.91 Å². The summed E-state index contributed by atoms with van der Waals surface area (Å²) in [5.74, 6) is 0.956. The highest BCUT2D eigenvalue weighted by atomic mass is 32.1. The van der Waals surface area contributed by atoms with E-state index in [0.717, 1.165) is 41.2 Å². The molecule has 1 heterocycles. The summed E-state index contributed by atoms with van der Waals surface area (Å²) in [6.07, 6.45) is 5.09. The molecule has 0 saturated heterocycles. The third kappa shape index (κ3) is 4.71. The fraction of sp³-hybridized carbons (Fsp3) is 0.375. The number of hydrogen-bond acceptors (Lipinski definition) is 4. The van der Waals surface area contributed by atoms with Gasteiger partial charge in [0, 0.05) is 30.3 Å². The van der Waals surface area contributed by atoms with Gasteiger partial charge in [0.05, 0.1) is 18.5 Å². The molecule has 1 fully saturated rings. The molecular formula is C24H28N4O2S. The Balaban J connectivity index is 1.61. The van der Waals surface area contributed by atoms with Crippen molar-refractivity contribution >= 4 is 40.3 Å². The Morgan fingerprint density at radius 2 is 1.90 bits per heavy atom. The van der Waals surface area contributed by atoms with Crippen molar-refractivity contribution in [1.82, 2.24) is 5.32 Å². The van der Waals surface area contributed by atoms with Gasteiger partial charge in [-0.2, -0.15) is 0 Å². The van der Waals surface area contributed by atoms with Gasteiger partial charge in [-0.05, 0) is 43.3 Å². The van der Waals surface area contributed by atoms with Crippen molar-refractivity contribution in [2.45, 2.75) is 38.3 Å². The molecular weight excluding hydrogens is 408 g/mol. The van der Waals surface area contributed by atoms with Gasteiger partial charge in [0.2, 0.25) is 6.17 Å². The average molecular weight is 437 g/mol. The number of thiocarbonyl (C=S) groups is 1. The van der Waals surface area contributed by atoms with Gasteiger partial charge in [0.25, 0.3) is 5.91 Å². The Morgan fingerprint density at radius 1 is 1.13 bits per heavy atom. The molecule has 1 atom stereocenters. The number of para-hydroxylation sites is 1. The fourth-order valence-electron chi connectivity index (χ4n) is 4.34. The second kappa shape index (κ2) is 9.47. The molecule has 2 aliphatic rings. The van der Waals surface area contributed by atoms with Crippen LogP contribution in [0.1, 0.15) is 37.7 Å². The minimum Gasteiger partial charge on any atom is -0.497 e. The molecule has 0 spiro atoms. The van der Waals surface area contributed by atoms with Gasteiger partial charge in [-0.1, -0.05) is 43.5 Å². The summed E-state index contributed by atoms with van der Waals surface area (Å²) < 4.78 is 5.26. The number of nitrogens with one attached hydrogen (secondary N) is 2. The van der Waals surface area contributed by atoms with Crippen molar-refractivity contribution in [3.05, 3.63) is 54.1 Å². The van der Waals surface area contributed by atoms with Gasteiger partial charge < -0.3 is 20.3 Å². The highest BCUT2D eigenvalue weighted by molar-refractivity contribution is 7.80. The molecule has 1 unspecified atom stereocenters. The van der Waals surface area contributed by atoms with Crippen LogP contribution < -0.4 is 20.3 Å². The average Bonchev–Trinajstić information content (AvgIpc) is 2.90. The second-order valence-electron chi connectivity index (χ2n) is 8.00. The molecule has 162 valence electrons. The predicted octanol–water partition coefficient (Wildman–Crippen LogP) is 4.35. The molecule has 4 rings (SSSR count). The summed E-state index contributed by atoms with van der Waals surface area (Å²) in [7, 11) is 3.42. The first-order valence-corrected chi connectivity index (χ1v) is 11.1. The van der Waals surface area contributed by atoms with Gasteiger partial charge in [-0.3, -0.25) is 9.79 Å². The molecule has 0 aromatic heterocycles. The molecule has 7 heteroatoms. The lowest BCUT2D eigenvalue weighted by Gasteiger charge is -2.25. The molecule has 0 bridgehead atoms. The summed E-state index contributed by atoms with van der Waals surface area (Å²) in [4.78, 5) is 19.9. The Labute approximate surface area is 188 Å². The lowest BCUT2D eigenvalue weighted by atomic mass is 9.83. The SMILES string of the molecule is COc1cccc(NC(=S)NC2N=C(C3CCCCC3)c3ccccc3N(C)C2=O)c1. The smallest absolute Gasteiger partial charge is 0.272 e. The normalized spacial score (nSPS) is 19.2. The number of fused-ring (bicyclic) bond motifs is 1. The van der Waals surface area contributed by atoms with E-state index in [9.17, 15) is 4.79 Å². The molecule has 6 nitrogen and oxygen atoms in total. The van der Waals surface area contributed by atoms with Crippen LogP contribution in [0.2, 0.25) is 0 Å². The number of amides is 1. The highest BCUT2D eigenvalue weighted by Crippen LogP contribution is 2.33. The first-order valence-electron chi connectivity index (χ1n) is 10.7. The van der Waals surface area contributed by atoms with E-state index in [0.29, 0.717) is 11.0 Å². The number of nitrogens with zero attached hydrogens (tertiary/aromatic N) is 2. The summed E-state index contributed by atoms with van der Waals surface area (Å²) in [5, 5.41) is 6.61. The van der Waals surface area contributed by atoms with Crippen LogP contribution in [0.5, 0.6) is 5.75 Å². The number of carbonyl (C=O) groups excluding carboxylic acids is 1. The highest BCUT2D eigenvalue weighted by Gasteiger charge is 2.33. The maximum Gasteiger partial charge on any atom is 0.272 e. The molecule has 1 amide bonds. The van der Waals surface area contributed by atoms with Crippen LogP contribution in [0.15, 0.2) is 53.5 Å². The minimum atomic E-state index is -0.778. The van der Waals surface area contributed by atoms with Gasteiger partial charge in [0.1, 0.15) is 5.75 Å². The van der Waals surface area contributed by atoms with E-state index in [1.807, 2.05) is 42.5 Å². The third-order valence-corrected chi connectivity index (χ3v) is 6.18. The van der Waals surface area contributed by atoms with E-state index in [1.54, 1.807) is 19.1 Å². The van der Waals surface area contributed by atoms with Crippen LogP contribution in [0.3, 0.4) is 0 Å². The van der Waals surface area contributed by atoms with E-state index in [2.05, 4.69) is 16.7 Å². The minimum absolute atomic E-state index is 0.131. The van der Waals surface area contributed by atoms with Crippen molar-refractivity contribution in [3.8, 4) is 5.75 Å². The van der Waals surface area contributed by atoms with Crippen LogP contribution in [0.4, 0.5) is 11.4 Å². The van der Waals surface area contributed by atoms with Crippen LogP contribution in [-0.4, -0.2) is 37.1 Å². The Kier molecular flexibility index (Phi) is 6.51. The number of ether oxygens (including phenoxy) is 1. The molecule has 1 aliphatic heterocycles. The monoisotopic (exact) mass is 436 g/mol. The Hall–Kier alpha value is -2.93. The van der Waals surface area contributed by atoms with Gasteiger partial charge in [-0.15, -0.1) is 0 Å². The number of benzodiazepines with no additional fused rings is 1. The third-order valence-electron chi connectivity index (χ3n) is 5.96. The van der Waals surface area contributed by atoms with Crippen molar-refractivity contribution in [3.63, 3.8) is 0 Å². The van der Waals surface area contributed by atoms with Crippen molar-refractivity contribution in [2.24, 2.45) is 10.9 Å². The number of methoxy groups -OCH3 is 1. The molecule has 1 saturated carbocycles. The number of hydrogen-bond donors (Lipinski definition) is 2. The molecule has 2 aromatic carbocycles. The molecule has 2 N–H and O–H groups in total. The van der Waals surface area contributed by atoms with Crippen LogP contribution in [0, 0.1) is 5.92 Å². The van der Waals surface area contributed by atoms with E-state index < -0.39 is 6.17 Å². The lowest BCUT2D eigenvalue weighted by molar-refractivity contribution is -0.119. The number of carbonyl (C=O) groups is 1. The van der Waals surface area contributed by atoms with Crippen molar-refractivity contribution < 1.29 is 9.53 Å².